The Hall–Kier alpha value is 2.44. The number of hydrogen-bond acceptors (Lipinski definition) is 8. The fraction of sp³-hybridized carbons (Fsp3) is 0. The topological polar surface area (TPSA) is 172 Å². The average molecular weight is 549 g/mol. The van der Waals surface area contributed by atoms with Gasteiger partial charge in [0.15, 0.2) is 0 Å². The second-order valence-corrected chi connectivity index (χ2v) is 2.68. The molecular weight excluding hydrogens is 549 g/mol. The zero-order valence-corrected chi connectivity index (χ0v) is 12.9. The van der Waals surface area contributed by atoms with E-state index >= 15 is 0 Å². The normalized spacial score (nSPS) is 9.83. The Morgan fingerprint density at radius 2 is 0.667 bits per heavy atom. The predicted octanol–water partition coefficient (Wildman–Crippen LogP) is -6.03. The molecule has 0 saturated heterocycles. The van der Waals surface area contributed by atoms with Crippen molar-refractivity contribution in [2.75, 3.05) is 0 Å². The summed E-state index contributed by atoms with van der Waals surface area (Å²) in [6.45, 7) is 0. The summed E-state index contributed by atoms with van der Waals surface area (Å²) in [5.41, 5.74) is 0. The van der Waals surface area contributed by atoms with Crippen molar-refractivity contribution in [3.05, 3.63) is 0 Å². The van der Waals surface area contributed by atoms with E-state index < -0.39 is 15.6 Å². The first-order valence-corrected chi connectivity index (χ1v) is 4.38. The summed E-state index contributed by atoms with van der Waals surface area (Å²) in [6.07, 6.45) is 0. The van der Waals surface area contributed by atoms with E-state index in [1.165, 1.54) is 0 Å². The molecule has 0 saturated carbocycles. The Balaban J connectivity index is -0.0000000457. The van der Waals surface area contributed by atoms with Crippen LogP contribution < -0.4 is 29.4 Å². The summed E-state index contributed by atoms with van der Waals surface area (Å²) in [7, 11) is -10.8. The first kappa shape index (κ1) is 23.9. The molecule has 0 rings (SSSR count). The van der Waals surface area contributed by atoms with Crippen LogP contribution in [0.15, 0.2) is 0 Å². The molecule has 0 aliphatic heterocycles. The van der Waals surface area contributed by atoms with Crippen molar-refractivity contribution in [2.45, 2.75) is 0 Å². The number of phosphoric acid groups is 2. The molecule has 0 atom stereocenters. The van der Waals surface area contributed by atoms with Gasteiger partial charge < -0.3 is 38.5 Å². The quantitative estimate of drug-likeness (QED) is 0.212. The average Bonchev–Trinajstić information content (AvgIpc) is 1.12. The molecule has 0 aliphatic rings. The fourth-order valence-corrected chi connectivity index (χ4v) is 0. The van der Waals surface area contributed by atoms with E-state index in [0.717, 1.165) is 0 Å². The maximum absolute atomic E-state index is 8.55. The van der Waals surface area contributed by atoms with E-state index in [-0.39, 0.29) is 66.6 Å². The van der Waals surface area contributed by atoms with Crippen LogP contribution in [-0.2, 0) is 9.13 Å². The van der Waals surface area contributed by atoms with Crippen LogP contribution in [-0.4, -0.2) is 26.2 Å². The molecule has 0 aromatic rings. The van der Waals surface area contributed by atoms with Gasteiger partial charge in [-0.2, -0.15) is 15.6 Å². The first-order chi connectivity index (χ1) is 4.00. The van der Waals surface area contributed by atoms with E-state index in [1.54, 1.807) is 0 Å². The molecule has 0 unspecified atom stereocenters. The summed E-state index contributed by atoms with van der Waals surface area (Å²) in [6, 6.07) is 0. The predicted molar refractivity (Wildman–Crippen MR) is 21.0 cm³/mol. The molecule has 0 aromatic heterocycles. The Morgan fingerprint density at radius 3 is 0.667 bits per heavy atom. The van der Waals surface area contributed by atoms with Gasteiger partial charge in [-0.05, 0) is 0 Å². The largest absolute Gasteiger partial charge is 3.00 e. The van der Waals surface area contributed by atoms with Crippen molar-refractivity contribution in [1.29, 1.82) is 0 Å². The van der Waals surface area contributed by atoms with Crippen molar-refractivity contribution >= 4 is 41.8 Å². The van der Waals surface area contributed by atoms with Gasteiger partial charge in [-0.25, -0.2) is 0 Å². The van der Waals surface area contributed by atoms with Crippen LogP contribution in [0.4, 0.5) is 0 Å². The van der Waals surface area contributed by atoms with E-state index in [1.807, 2.05) is 0 Å². The molecule has 0 amide bonds. The van der Waals surface area contributed by atoms with E-state index in [9.17, 15) is 0 Å². The van der Waals surface area contributed by atoms with Crippen LogP contribution in [0.25, 0.3) is 0 Å². The minimum absolute atomic E-state index is 0. The molecule has 0 aromatic carbocycles. The van der Waals surface area contributed by atoms with Crippen LogP contribution in [0.2, 0.25) is 0 Å². The maximum Gasteiger partial charge on any atom is 3.00 e. The molecule has 0 heterocycles. The minimum atomic E-state index is -5.39. The Morgan fingerprint density at radius 1 is 0.667 bits per heavy atom. The molecule has 0 fully saturated rings. The van der Waals surface area contributed by atoms with Gasteiger partial charge in [-0.3, -0.25) is 0 Å². The third-order valence-electron chi connectivity index (χ3n) is 0. The van der Waals surface area contributed by atoms with Gasteiger partial charge in [0, 0.05) is 0 Å². The second-order valence-electron chi connectivity index (χ2n) is 0.894. The molecule has 0 aliphatic carbocycles. The van der Waals surface area contributed by atoms with Crippen molar-refractivity contribution in [3.8, 4) is 0 Å². The van der Waals surface area contributed by atoms with Crippen LogP contribution >= 0.6 is 15.6 Å². The van der Waals surface area contributed by atoms with Gasteiger partial charge >= 0.3 is 66.6 Å². The van der Waals surface area contributed by atoms with E-state index in [0.29, 0.717) is 0 Å². The van der Waals surface area contributed by atoms with Crippen LogP contribution in [0.5, 0.6) is 0 Å². The van der Waals surface area contributed by atoms with Crippen molar-refractivity contribution < 1.29 is 78.9 Å². The Kier molecular flexibility index (Phi) is 19.9. The summed E-state index contributed by atoms with van der Waals surface area (Å²) < 4.78 is 17.1. The van der Waals surface area contributed by atoms with Crippen LogP contribution in [0.3, 0.4) is 0 Å². The SMILES string of the molecule is O=P([O-])([O-])[O-].O=P([O-])([O-])[O-].[Bi+3].[Sm+3]. The maximum atomic E-state index is 8.55. The molecular formula is BiO8P2Sm. The fourth-order valence-electron chi connectivity index (χ4n) is 0. The van der Waals surface area contributed by atoms with Gasteiger partial charge in [0.05, 0.1) is 0 Å². The van der Waals surface area contributed by atoms with E-state index in [4.69, 9.17) is 38.5 Å². The van der Waals surface area contributed by atoms with Gasteiger partial charge in [-0.1, -0.05) is 0 Å². The summed E-state index contributed by atoms with van der Waals surface area (Å²) in [5.74, 6) is 0. The standard InChI is InChI=1S/Bi.2H3O4P.Sm/c;2*1-5(2,3)4;/h;2*(H3,1,2,3,4);/q+3;;;+3/p-6. The zero-order valence-electron chi connectivity index (χ0n) is 5.02. The minimum Gasteiger partial charge on any atom is -0.822 e. The van der Waals surface area contributed by atoms with Gasteiger partial charge in [-0.15, -0.1) is 0 Å². The monoisotopic (exact) mass is 551 g/mol. The summed E-state index contributed by atoms with van der Waals surface area (Å²) in [5, 5.41) is 0. The van der Waals surface area contributed by atoms with E-state index in [2.05, 4.69) is 0 Å². The van der Waals surface area contributed by atoms with Crippen molar-refractivity contribution in [3.63, 3.8) is 0 Å². The van der Waals surface area contributed by atoms with Gasteiger partial charge in [0.2, 0.25) is 0 Å². The second kappa shape index (κ2) is 9.98. The molecule has 12 heteroatoms. The molecule has 0 bridgehead atoms. The van der Waals surface area contributed by atoms with Crippen LogP contribution in [0, 0.1) is 40.4 Å². The molecule has 8 nitrogen and oxygen atoms in total. The third kappa shape index (κ3) is 273. The van der Waals surface area contributed by atoms with Gasteiger partial charge in [0.25, 0.3) is 0 Å². The first-order valence-electron chi connectivity index (χ1n) is 1.46. The molecule has 3 radical (unpaired) electrons. The molecule has 0 spiro atoms. The van der Waals surface area contributed by atoms with Crippen molar-refractivity contribution in [2.24, 2.45) is 0 Å². The molecule has 69 valence electrons. The summed E-state index contributed by atoms with van der Waals surface area (Å²) >= 11 is 0. The number of hydrogen-bond donors (Lipinski definition) is 0. The Labute approximate surface area is 119 Å². The van der Waals surface area contributed by atoms with Crippen molar-refractivity contribution in [1.82, 2.24) is 0 Å². The number of rotatable bonds is 0. The molecule has 12 heavy (non-hydrogen) atoms. The van der Waals surface area contributed by atoms with Gasteiger partial charge in [0.1, 0.15) is 0 Å². The van der Waals surface area contributed by atoms with Crippen LogP contribution in [0.1, 0.15) is 0 Å². The zero-order chi connectivity index (χ0) is 9.00. The summed E-state index contributed by atoms with van der Waals surface area (Å²) in [4.78, 5) is 51.3. The smallest absolute Gasteiger partial charge is 0.822 e. The third-order valence-corrected chi connectivity index (χ3v) is 0. The Bertz CT molecular complexity index is 129. The molecule has 0 N–H and O–H groups in total.